The number of rotatable bonds is 1. The lowest BCUT2D eigenvalue weighted by Gasteiger charge is -1.91. The maximum Gasteiger partial charge on any atom is 0.380 e. The number of nitrogens with one attached hydrogen (secondary N) is 1. The molecule has 0 atom stereocenters. The van der Waals surface area contributed by atoms with Gasteiger partial charge in [0, 0.05) is 6.72 Å². The lowest BCUT2D eigenvalue weighted by Crippen LogP contribution is -2.25. The molecule has 0 aliphatic carbocycles. The summed E-state index contributed by atoms with van der Waals surface area (Å²) < 4.78 is 1.40. The van der Waals surface area contributed by atoms with Crippen molar-refractivity contribution < 1.29 is 4.58 Å². The molecule has 0 amide bonds. The van der Waals surface area contributed by atoms with Gasteiger partial charge < -0.3 is 0 Å². The van der Waals surface area contributed by atoms with Gasteiger partial charge in [0.05, 0.1) is 6.54 Å². The molecule has 0 saturated heterocycles. The van der Waals surface area contributed by atoms with Crippen molar-refractivity contribution in [2.45, 2.75) is 6.92 Å². The van der Waals surface area contributed by atoms with E-state index in [0.717, 1.165) is 0 Å². The second-order valence-corrected chi connectivity index (χ2v) is 1.24. The quantitative estimate of drug-likeness (QED) is 0.263. The average Bonchev–Trinajstić information content (AvgIpc) is 1.65. The van der Waals surface area contributed by atoms with E-state index in [4.69, 9.17) is 11.1 Å². The van der Waals surface area contributed by atoms with E-state index in [1.54, 1.807) is 0 Å². The summed E-state index contributed by atoms with van der Waals surface area (Å²) in [5.41, 5.74) is 4.99. The van der Waals surface area contributed by atoms with Gasteiger partial charge in [-0.3, -0.25) is 5.73 Å². The third-order valence-corrected chi connectivity index (χ3v) is 0.722. The molecule has 0 bridgehead atoms. The molecule has 0 aliphatic rings. The van der Waals surface area contributed by atoms with Gasteiger partial charge in [0.1, 0.15) is 0 Å². The van der Waals surface area contributed by atoms with E-state index in [2.05, 4.69) is 6.72 Å². The normalized spacial score (nSPS) is 8.14. The largest absolute Gasteiger partial charge is 0.380 e. The standard InChI is InChI=1S/C4H10N3/c1-3-7(2)4(5)6/h2-3H2,1H3,(H3,5,6)/q+1. The van der Waals surface area contributed by atoms with Gasteiger partial charge >= 0.3 is 5.96 Å². The lowest BCUT2D eigenvalue weighted by molar-refractivity contribution is -0.397. The van der Waals surface area contributed by atoms with Crippen LogP contribution >= 0.6 is 0 Å². The molecule has 0 radical (unpaired) electrons. The Kier molecular flexibility index (Phi) is 2.05. The summed E-state index contributed by atoms with van der Waals surface area (Å²) in [4.78, 5) is 0. The summed E-state index contributed by atoms with van der Waals surface area (Å²) in [5.74, 6) is 0.0162. The van der Waals surface area contributed by atoms with Crippen LogP contribution in [0.4, 0.5) is 0 Å². The van der Waals surface area contributed by atoms with Crippen LogP contribution in [0.3, 0.4) is 0 Å². The molecular formula is C4H10N3+. The van der Waals surface area contributed by atoms with Gasteiger partial charge in [-0.1, -0.05) is 0 Å². The number of nitrogens with zero attached hydrogens (tertiary/aromatic N) is 1. The van der Waals surface area contributed by atoms with E-state index in [0.29, 0.717) is 6.54 Å². The first-order valence-corrected chi connectivity index (χ1v) is 2.10. The van der Waals surface area contributed by atoms with Crippen molar-refractivity contribution in [3.63, 3.8) is 0 Å². The Labute approximate surface area is 43.0 Å². The van der Waals surface area contributed by atoms with E-state index < -0.39 is 0 Å². The maximum absolute atomic E-state index is 6.74. The van der Waals surface area contributed by atoms with E-state index in [9.17, 15) is 0 Å². The number of guanidine groups is 1. The van der Waals surface area contributed by atoms with Crippen molar-refractivity contribution >= 4 is 12.7 Å². The molecule has 0 aromatic carbocycles. The molecule has 3 nitrogen and oxygen atoms in total. The predicted octanol–water partition coefficient (Wildman–Crippen LogP) is -0.387. The van der Waals surface area contributed by atoms with Crippen LogP contribution in [0.1, 0.15) is 6.92 Å². The highest BCUT2D eigenvalue weighted by Crippen LogP contribution is 1.63. The topological polar surface area (TPSA) is 52.9 Å². The van der Waals surface area contributed by atoms with Crippen LogP contribution in [-0.4, -0.2) is 23.8 Å². The number of nitrogens with two attached hydrogens (primary N) is 1. The van der Waals surface area contributed by atoms with Gasteiger partial charge in [0.15, 0.2) is 0 Å². The SMILES string of the molecule is C=[N+](CC)C(=N)N. The molecule has 0 heterocycles. The van der Waals surface area contributed by atoms with Crippen LogP contribution in [0, 0.1) is 5.41 Å². The second-order valence-electron chi connectivity index (χ2n) is 1.24. The van der Waals surface area contributed by atoms with Gasteiger partial charge in [0.2, 0.25) is 0 Å². The number of hydrogen-bond acceptors (Lipinski definition) is 1. The van der Waals surface area contributed by atoms with Gasteiger partial charge in [0.25, 0.3) is 0 Å². The Hall–Kier alpha value is -0.860. The van der Waals surface area contributed by atoms with E-state index >= 15 is 0 Å². The zero-order chi connectivity index (χ0) is 5.86. The lowest BCUT2D eigenvalue weighted by atomic mass is 10.7. The molecule has 3 heteroatoms. The molecule has 0 fully saturated rings. The molecule has 0 aromatic heterocycles. The second kappa shape index (κ2) is 2.34. The van der Waals surface area contributed by atoms with Crippen molar-refractivity contribution in [1.82, 2.24) is 0 Å². The number of hydrogen-bond donors (Lipinski definition) is 2. The Morgan fingerprint density at radius 3 is 2.43 bits per heavy atom. The van der Waals surface area contributed by atoms with Crippen molar-refractivity contribution in [3.8, 4) is 0 Å². The molecule has 3 N–H and O–H groups in total. The molecule has 40 valence electrons. The van der Waals surface area contributed by atoms with Crippen LogP contribution in [0.15, 0.2) is 0 Å². The third kappa shape index (κ3) is 1.92. The van der Waals surface area contributed by atoms with Crippen LogP contribution in [0.25, 0.3) is 0 Å². The van der Waals surface area contributed by atoms with Crippen LogP contribution in [-0.2, 0) is 0 Å². The molecule has 0 saturated carbocycles. The fraction of sp³-hybridized carbons (Fsp3) is 0.500. The summed E-state index contributed by atoms with van der Waals surface area (Å²) in [6, 6.07) is 0. The Morgan fingerprint density at radius 1 is 2.00 bits per heavy atom. The molecule has 0 aliphatic heterocycles. The van der Waals surface area contributed by atoms with Crippen molar-refractivity contribution in [2.24, 2.45) is 5.73 Å². The van der Waals surface area contributed by atoms with Gasteiger partial charge in [-0.2, -0.15) is 0 Å². The predicted molar refractivity (Wildman–Crippen MR) is 29.8 cm³/mol. The minimum Gasteiger partial charge on any atom is -0.288 e. The Morgan fingerprint density at radius 2 is 2.43 bits per heavy atom. The summed E-state index contributed by atoms with van der Waals surface area (Å²) in [6.45, 7) is 6.01. The van der Waals surface area contributed by atoms with E-state index in [-0.39, 0.29) is 5.96 Å². The summed E-state index contributed by atoms with van der Waals surface area (Å²) in [5, 5.41) is 6.74. The fourth-order valence-corrected chi connectivity index (χ4v) is 0.170. The van der Waals surface area contributed by atoms with Gasteiger partial charge in [-0.25, -0.2) is 4.58 Å². The maximum atomic E-state index is 6.74. The monoisotopic (exact) mass is 100 g/mol. The van der Waals surface area contributed by atoms with Crippen LogP contribution in [0.5, 0.6) is 0 Å². The van der Waals surface area contributed by atoms with Crippen LogP contribution < -0.4 is 5.73 Å². The first-order chi connectivity index (χ1) is 3.18. The molecule has 0 unspecified atom stereocenters. The first-order valence-electron chi connectivity index (χ1n) is 2.10. The third-order valence-electron chi connectivity index (χ3n) is 0.722. The molecular weight excluding hydrogens is 90.1 g/mol. The average molecular weight is 100 g/mol. The molecule has 0 rings (SSSR count). The zero-order valence-corrected chi connectivity index (χ0v) is 4.44. The Balaban J connectivity index is 3.58. The van der Waals surface area contributed by atoms with Crippen molar-refractivity contribution in [2.75, 3.05) is 6.54 Å². The molecule has 0 spiro atoms. The summed E-state index contributed by atoms with van der Waals surface area (Å²) in [6.07, 6.45) is 0. The minimum atomic E-state index is 0.0162. The van der Waals surface area contributed by atoms with Gasteiger partial charge in [-0.05, 0) is 6.92 Å². The minimum absolute atomic E-state index is 0.0162. The molecule has 7 heavy (non-hydrogen) atoms. The van der Waals surface area contributed by atoms with Crippen molar-refractivity contribution in [1.29, 1.82) is 5.41 Å². The highest BCUT2D eigenvalue weighted by molar-refractivity contribution is 5.67. The molecule has 0 aromatic rings. The highest BCUT2D eigenvalue weighted by atomic mass is 15.1. The fourth-order valence-electron chi connectivity index (χ4n) is 0.170. The summed E-state index contributed by atoms with van der Waals surface area (Å²) in [7, 11) is 0. The van der Waals surface area contributed by atoms with Crippen LogP contribution in [0.2, 0.25) is 0 Å². The Bertz CT molecular complexity index is 95.1. The van der Waals surface area contributed by atoms with E-state index in [1.165, 1.54) is 4.58 Å². The summed E-state index contributed by atoms with van der Waals surface area (Å²) >= 11 is 0. The van der Waals surface area contributed by atoms with E-state index in [1.807, 2.05) is 6.92 Å². The smallest absolute Gasteiger partial charge is 0.288 e. The van der Waals surface area contributed by atoms with Crippen molar-refractivity contribution in [3.05, 3.63) is 0 Å². The first kappa shape index (κ1) is 6.14. The van der Waals surface area contributed by atoms with Gasteiger partial charge in [-0.15, -0.1) is 5.41 Å². The highest BCUT2D eigenvalue weighted by Gasteiger charge is 1.93. The zero-order valence-electron chi connectivity index (χ0n) is 4.44.